The minimum absolute atomic E-state index is 0.0234. The van der Waals surface area contributed by atoms with Gasteiger partial charge in [0, 0.05) is 10.4 Å². The quantitative estimate of drug-likeness (QED) is 0.937. The molecule has 0 radical (unpaired) electrons. The summed E-state index contributed by atoms with van der Waals surface area (Å²) in [6.07, 6.45) is 4.83. The first-order chi connectivity index (χ1) is 10.8. The Labute approximate surface area is 140 Å². The maximum atomic E-state index is 12.0. The van der Waals surface area contributed by atoms with Crippen molar-refractivity contribution >= 4 is 27.5 Å². The fraction of sp³-hybridized carbons (Fsp3) is 0.588. The van der Waals surface area contributed by atoms with E-state index < -0.39 is 0 Å². The lowest BCUT2D eigenvalue weighted by molar-refractivity contribution is -0.124. The molecule has 0 aliphatic heterocycles. The Morgan fingerprint density at radius 2 is 2.22 bits per heavy atom. The molecule has 1 aliphatic carbocycles. The third kappa shape index (κ3) is 3.63. The highest BCUT2D eigenvalue weighted by molar-refractivity contribution is 7.18. The van der Waals surface area contributed by atoms with E-state index >= 15 is 0 Å². The van der Waals surface area contributed by atoms with E-state index in [2.05, 4.69) is 22.2 Å². The Bertz CT molecular complexity index is 733. The fourth-order valence-corrected chi connectivity index (χ4v) is 4.28. The van der Waals surface area contributed by atoms with Crippen molar-refractivity contribution in [2.24, 2.45) is 5.92 Å². The van der Waals surface area contributed by atoms with Crippen molar-refractivity contribution in [3.05, 3.63) is 16.8 Å². The minimum atomic E-state index is -0.265. The summed E-state index contributed by atoms with van der Waals surface area (Å²) in [5, 5.41) is 3.90. The van der Waals surface area contributed by atoms with Gasteiger partial charge in [0.25, 0.3) is 5.91 Å². The van der Waals surface area contributed by atoms with Crippen LogP contribution >= 0.6 is 11.3 Å². The number of hydrogen-bond donors (Lipinski definition) is 1. The van der Waals surface area contributed by atoms with E-state index in [0.717, 1.165) is 23.1 Å². The Balaban J connectivity index is 1.83. The van der Waals surface area contributed by atoms with Crippen LogP contribution in [0.5, 0.6) is 5.88 Å². The van der Waals surface area contributed by atoms with Crippen LogP contribution in [0.15, 0.2) is 6.33 Å². The number of nitrogens with zero attached hydrogens (tertiary/aromatic N) is 2. The van der Waals surface area contributed by atoms with Gasteiger partial charge in [-0.2, -0.15) is 0 Å². The number of nitrogens with one attached hydrogen (secondary N) is 1. The number of carbonyl (C=O) groups excluding carboxylic acids is 1. The highest BCUT2D eigenvalue weighted by Crippen LogP contribution is 2.40. The molecule has 0 saturated heterocycles. The molecule has 0 aromatic carbocycles. The lowest BCUT2D eigenvalue weighted by Gasteiger charge is -2.20. The van der Waals surface area contributed by atoms with Crippen LogP contribution in [-0.2, 0) is 17.6 Å². The molecule has 0 saturated carbocycles. The number of fused-ring (bicyclic) bond motifs is 3. The summed E-state index contributed by atoms with van der Waals surface area (Å²) in [4.78, 5) is 23.0. The molecule has 3 rings (SSSR count). The molecule has 2 aromatic rings. The molecule has 1 aliphatic rings. The first-order valence-corrected chi connectivity index (χ1v) is 8.84. The molecule has 1 amide bonds. The molecule has 0 fully saturated rings. The molecule has 1 atom stereocenters. The molecule has 124 valence electrons. The van der Waals surface area contributed by atoms with E-state index in [0.29, 0.717) is 11.8 Å². The second-order valence-electron chi connectivity index (χ2n) is 7.30. The predicted octanol–water partition coefficient (Wildman–Crippen LogP) is 3.11. The van der Waals surface area contributed by atoms with Gasteiger partial charge in [0.15, 0.2) is 6.61 Å². The van der Waals surface area contributed by atoms with Gasteiger partial charge < -0.3 is 10.1 Å². The maximum absolute atomic E-state index is 12.0. The molecule has 6 heteroatoms. The van der Waals surface area contributed by atoms with Gasteiger partial charge in [0.05, 0.1) is 5.39 Å². The monoisotopic (exact) mass is 333 g/mol. The van der Waals surface area contributed by atoms with E-state index in [1.807, 2.05) is 20.8 Å². The molecule has 23 heavy (non-hydrogen) atoms. The van der Waals surface area contributed by atoms with Gasteiger partial charge in [-0.05, 0) is 51.5 Å². The predicted molar refractivity (Wildman–Crippen MR) is 92.0 cm³/mol. The van der Waals surface area contributed by atoms with Gasteiger partial charge in [-0.15, -0.1) is 11.3 Å². The second-order valence-corrected chi connectivity index (χ2v) is 8.38. The zero-order valence-corrected chi connectivity index (χ0v) is 14.9. The number of thiophene rings is 1. The number of aromatic nitrogens is 2. The molecule has 2 aromatic heterocycles. The van der Waals surface area contributed by atoms with E-state index in [1.165, 1.54) is 23.2 Å². The van der Waals surface area contributed by atoms with E-state index in [1.54, 1.807) is 11.3 Å². The van der Waals surface area contributed by atoms with Crippen molar-refractivity contribution in [2.75, 3.05) is 6.61 Å². The van der Waals surface area contributed by atoms with Gasteiger partial charge in [0.1, 0.15) is 11.2 Å². The zero-order chi connectivity index (χ0) is 16.6. The molecular weight excluding hydrogens is 310 g/mol. The lowest BCUT2D eigenvalue weighted by Crippen LogP contribution is -2.43. The third-order valence-electron chi connectivity index (χ3n) is 3.91. The Hall–Kier alpha value is -1.69. The average molecular weight is 333 g/mol. The van der Waals surface area contributed by atoms with Gasteiger partial charge in [-0.25, -0.2) is 9.97 Å². The van der Waals surface area contributed by atoms with Crippen LogP contribution in [0.25, 0.3) is 10.2 Å². The van der Waals surface area contributed by atoms with E-state index in [-0.39, 0.29) is 18.1 Å². The van der Waals surface area contributed by atoms with E-state index in [9.17, 15) is 4.79 Å². The van der Waals surface area contributed by atoms with Crippen molar-refractivity contribution in [1.29, 1.82) is 0 Å². The van der Waals surface area contributed by atoms with Crippen LogP contribution < -0.4 is 10.1 Å². The normalized spacial score (nSPS) is 17.8. The van der Waals surface area contributed by atoms with Crippen molar-refractivity contribution in [2.45, 2.75) is 52.5 Å². The second kappa shape index (κ2) is 6.07. The first kappa shape index (κ1) is 16.2. The van der Waals surface area contributed by atoms with Crippen LogP contribution in [0, 0.1) is 5.92 Å². The third-order valence-corrected chi connectivity index (χ3v) is 5.07. The lowest BCUT2D eigenvalue weighted by atomic mass is 9.89. The van der Waals surface area contributed by atoms with Crippen LogP contribution in [0.1, 0.15) is 44.6 Å². The number of amides is 1. The Morgan fingerprint density at radius 1 is 1.43 bits per heavy atom. The minimum Gasteiger partial charge on any atom is -0.467 e. The number of rotatable bonds is 3. The van der Waals surface area contributed by atoms with Crippen molar-refractivity contribution in [1.82, 2.24) is 15.3 Å². The van der Waals surface area contributed by atoms with Crippen molar-refractivity contribution in [3.8, 4) is 5.88 Å². The summed E-state index contributed by atoms with van der Waals surface area (Å²) in [6, 6.07) is 0. The highest BCUT2D eigenvalue weighted by Gasteiger charge is 2.24. The number of hydrogen-bond acceptors (Lipinski definition) is 5. The topological polar surface area (TPSA) is 64.1 Å². The summed E-state index contributed by atoms with van der Waals surface area (Å²) < 4.78 is 5.72. The Morgan fingerprint density at radius 3 is 2.96 bits per heavy atom. The highest BCUT2D eigenvalue weighted by atomic mass is 32.1. The van der Waals surface area contributed by atoms with Crippen LogP contribution in [0.4, 0.5) is 0 Å². The SMILES string of the molecule is C[C@@H]1CCc2c(sc3ncnc(OCC(=O)NC(C)(C)C)c23)C1. The summed E-state index contributed by atoms with van der Waals surface area (Å²) in [7, 11) is 0. The van der Waals surface area contributed by atoms with Gasteiger partial charge >= 0.3 is 0 Å². The summed E-state index contributed by atoms with van der Waals surface area (Å²) >= 11 is 1.73. The van der Waals surface area contributed by atoms with Crippen LogP contribution in [0.2, 0.25) is 0 Å². The first-order valence-electron chi connectivity index (χ1n) is 8.02. The van der Waals surface area contributed by atoms with Crippen LogP contribution in [-0.4, -0.2) is 28.0 Å². The standard InChI is InChI=1S/C17H23N3O2S/c1-10-5-6-11-12(7-10)23-16-14(11)15(18-9-19-16)22-8-13(21)20-17(2,3)4/h9-10H,5-8H2,1-4H3,(H,20,21)/t10-/m1/s1. The molecule has 1 N–H and O–H groups in total. The van der Waals surface area contributed by atoms with Crippen LogP contribution in [0.3, 0.4) is 0 Å². The van der Waals surface area contributed by atoms with Gasteiger partial charge in [-0.3, -0.25) is 4.79 Å². The summed E-state index contributed by atoms with van der Waals surface area (Å²) in [5.41, 5.74) is 1.05. The molecule has 0 unspecified atom stereocenters. The number of aryl methyl sites for hydroxylation is 1. The Kier molecular flexibility index (Phi) is 4.27. The summed E-state index contributed by atoms with van der Waals surface area (Å²) in [6.45, 7) is 8.11. The zero-order valence-electron chi connectivity index (χ0n) is 14.1. The maximum Gasteiger partial charge on any atom is 0.258 e. The molecule has 0 bridgehead atoms. The molecule has 0 spiro atoms. The number of ether oxygens (including phenoxy) is 1. The van der Waals surface area contributed by atoms with Gasteiger partial charge in [0.2, 0.25) is 5.88 Å². The number of carbonyl (C=O) groups is 1. The average Bonchev–Trinajstić information content (AvgIpc) is 2.81. The molecule has 5 nitrogen and oxygen atoms in total. The van der Waals surface area contributed by atoms with E-state index in [4.69, 9.17) is 4.74 Å². The summed E-state index contributed by atoms with van der Waals surface area (Å²) in [5.74, 6) is 1.11. The largest absolute Gasteiger partial charge is 0.467 e. The fourth-order valence-electron chi connectivity index (χ4n) is 2.94. The van der Waals surface area contributed by atoms with Crippen molar-refractivity contribution in [3.63, 3.8) is 0 Å². The van der Waals surface area contributed by atoms with Gasteiger partial charge in [-0.1, -0.05) is 6.92 Å². The van der Waals surface area contributed by atoms with Crippen molar-refractivity contribution < 1.29 is 9.53 Å². The smallest absolute Gasteiger partial charge is 0.258 e. The molecular formula is C17H23N3O2S. The molecule has 2 heterocycles.